The number of benzene rings is 2. The van der Waals surface area contributed by atoms with Gasteiger partial charge in [0.15, 0.2) is 6.61 Å². The third-order valence-electron chi connectivity index (χ3n) is 5.98. The van der Waals surface area contributed by atoms with Crippen molar-refractivity contribution in [3.63, 3.8) is 0 Å². The number of halogens is 1. The van der Waals surface area contributed by atoms with E-state index in [4.69, 9.17) is 9.47 Å². The molecule has 1 aliphatic rings. The van der Waals surface area contributed by atoms with Crippen LogP contribution in [0.1, 0.15) is 71.0 Å². The van der Waals surface area contributed by atoms with E-state index in [2.05, 4.69) is 61.9 Å². The van der Waals surface area contributed by atoms with Crippen molar-refractivity contribution in [1.29, 1.82) is 0 Å². The normalized spacial score (nSPS) is 17.6. The molecule has 1 atom stereocenters. The minimum absolute atomic E-state index is 0.0295. The molecule has 0 bridgehead atoms. The Labute approximate surface area is 188 Å². The van der Waals surface area contributed by atoms with Crippen LogP contribution in [0.25, 0.3) is 0 Å². The largest absolute Gasteiger partial charge is 0.487 e. The molecule has 0 unspecified atom stereocenters. The summed E-state index contributed by atoms with van der Waals surface area (Å²) in [4.78, 5) is 12.7. The number of hydrogen-bond donors (Lipinski definition) is 1. The smallest absolute Gasteiger partial charge is 0.258 e. The minimum Gasteiger partial charge on any atom is -0.487 e. The Bertz CT molecular complexity index is 900. The standard InChI is InChI=1S/C25H32BrNO3/c1-6-25(7-2)15-20(18-10-8-9-11-21(18)30-25)27-23(28)16-29-22-13-12-17(14-19(22)26)24(3,4)5/h8-14,20H,6-7,15-16H2,1-5H3,(H,27,28)/t20-/m1/s1. The summed E-state index contributed by atoms with van der Waals surface area (Å²) in [6, 6.07) is 13.9. The zero-order valence-electron chi connectivity index (χ0n) is 18.5. The van der Waals surface area contributed by atoms with E-state index in [1.54, 1.807) is 0 Å². The lowest BCUT2D eigenvalue weighted by Crippen LogP contribution is -2.45. The van der Waals surface area contributed by atoms with E-state index >= 15 is 0 Å². The van der Waals surface area contributed by atoms with Crippen LogP contribution in [0.3, 0.4) is 0 Å². The second-order valence-corrected chi connectivity index (χ2v) is 9.89. The number of fused-ring (bicyclic) bond motifs is 1. The molecule has 30 heavy (non-hydrogen) atoms. The fourth-order valence-corrected chi connectivity index (χ4v) is 4.39. The van der Waals surface area contributed by atoms with Gasteiger partial charge in [-0.25, -0.2) is 0 Å². The van der Waals surface area contributed by atoms with Gasteiger partial charge in [-0.15, -0.1) is 0 Å². The third kappa shape index (κ3) is 5.00. The average molecular weight is 474 g/mol. The predicted molar refractivity (Wildman–Crippen MR) is 124 cm³/mol. The molecule has 0 aromatic heterocycles. The van der Waals surface area contributed by atoms with Gasteiger partial charge in [-0.3, -0.25) is 4.79 Å². The van der Waals surface area contributed by atoms with Crippen LogP contribution >= 0.6 is 15.9 Å². The SMILES string of the molecule is CCC1(CC)C[C@@H](NC(=O)COc2ccc(C(C)(C)C)cc2Br)c2ccccc2O1. The number of hydrogen-bond acceptors (Lipinski definition) is 3. The number of nitrogens with one attached hydrogen (secondary N) is 1. The van der Waals surface area contributed by atoms with E-state index < -0.39 is 0 Å². The van der Waals surface area contributed by atoms with Gasteiger partial charge in [-0.1, -0.05) is 58.9 Å². The Hall–Kier alpha value is -2.01. The number of carbonyl (C=O) groups excluding carboxylic acids is 1. The maximum absolute atomic E-state index is 12.7. The van der Waals surface area contributed by atoms with Crippen molar-refractivity contribution in [3.05, 3.63) is 58.1 Å². The first-order valence-corrected chi connectivity index (χ1v) is 11.5. The second kappa shape index (κ2) is 9.01. The van der Waals surface area contributed by atoms with Crippen LogP contribution in [0.4, 0.5) is 0 Å². The van der Waals surface area contributed by atoms with Crippen LogP contribution in [-0.4, -0.2) is 18.1 Å². The number of ether oxygens (including phenoxy) is 2. The molecule has 162 valence electrons. The third-order valence-corrected chi connectivity index (χ3v) is 6.60. The molecule has 5 heteroatoms. The van der Waals surface area contributed by atoms with Gasteiger partial charge in [0.05, 0.1) is 10.5 Å². The maximum atomic E-state index is 12.7. The van der Waals surface area contributed by atoms with Gasteiger partial charge in [0.1, 0.15) is 17.1 Å². The molecule has 1 aliphatic heterocycles. The maximum Gasteiger partial charge on any atom is 0.258 e. The molecule has 3 rings (SSSR count). The van der Waals surface area contributed by atoms with Gasteiger partial charge in [0.2, 0.25) is 0 Å². The van der Waals surface area contributed by atoms with Crippen LogP contribution in [0.5, 0.6) is 11.5 Å². The Morgan fingerprint density at radius 2 is 1.90 bits per heavy atom. The van der Waals surface area contributed by atoms with E-state index in [0.717, 1.165) is 35.0 Å². The number of carbonyl (C=O) groups is 1. The van der Waals surface area contributed by atoms with Crippen LogP contribution < -0.4 is 14.8 Å². The fourth-order valence-electron chi connectivity index (χ4n) is 3.89. The highest BCUT2D eigenvalue weighted by Gasteiger charge is 2.38. The molecule has 0 spiro atoms. The summed E-state index contributed by atoms with van der Waals surface area (Å²) in [6.07, 6.45) is 2.55. The predicted octanol–water partition coefficient (Wildman–Crippen LogP) is 6.32. The first kappa shape index (κ1) is 22.7. The summed E-state index contributed by atoms with van der Waals surface area (Å²) in [6.45, 7) is 10.7. The van der Waals surface area contributed by atoms with Crippen molar-refractivity contribution in [2.75, 3.05) is 6.61 Å². The summed E-state index contributed by atoms with van der Waals surface area (Å²) < 4.78 is 13.0. The van der Waals surface area contributed by atoms with Crippen LogP contribution in [0, 0.1) is 0 Å². The average Bonchev–Trinajstić information content (AvgIpc) is 2.72. The zero-order chi connectivity index (χ0) is 21.9. The van der Waals surface area contributed by atoms with E-state index in [0.29, 0.717) is 5.75 Å². The molecular weight excluding hydrogens is 442 g/mol. The van der Waals surface area contributed by atoms with Gasteiger partial charge in [-0.05, 0) is 57.9 Å². The molecule has 0 saturated carbocycles. The molecule has 1 heterocycles. The molecule has 1 amide bonds. The minimum atomic E-state index is -0.251. The number of rotatable bonds is 6. The van der Waals surface area contributed by atoms with Gasteiger partial charge in [-0.2, -0.15) is 0 Å². The van der Waals surface area contributed by atoms with Crippen LogP contribution in [-0.2, 0) is 10.2 Å². The summed E-state index contributed by atoms with van der Waals surface area (Å²) in [5.74, 6) is 1.39. The van der Waals surface area contributed by atoms with Crippen molar-refractivity contribution < 1.29 is 14.3 Å². The first-order valence-electron chi connectivity index (χ1n) is 10.7. The Balaban J connectivity index is 1.69. The summed E-state index contributed by atoms with van der Waals surface area (Å²) >= 11 is 3.57. The number of para-hydroxylation sites is 1. The molecule has 0 aliphatic carbocycles. The lowest BCUT2D eigenvalue weighted by atomic mass is 9.83. The first-order chi connectivity index (χ1) is 14.2. The van der Waals surface area contributed by atoms with E-state index in [9.17, 15) is 4.79 Å². The van der Waals surface area contributed by atoms with Crippen LogP contribution in [0.2, 0.25) is 0 Å². The lowest BCUT2D eigenvalue weighted by Gasteiger charge is -2.41. The highest BCUT2D eigenvalue weighted by molar-refractivity contribution is 9.10. The van der Waals surface area contributed by atoms with E-state index in [1.165, 1.54) is 5.56 Å². The van der Waals surface area contributed by atoms with Gasteiger partial charge in [0, 0.05) is 12.0 Å². The lowest BCUT2D eigenvalue weighted by molar-refractivity contribution is -0.124. The highest BCUT2D eigenvalue weighted by atomic mass is 79.9. The molecular formula is C25H32BrNO3. The zero-order valence-corrected chi connectivity index (χ0v) is 20.1. The van der Waals surface area contributed by atoms with Crippen molar-refractivity contribution in [3.8, 4) is 11.5 Å². The number of amides is 1. The molecule has 4 nitrogen and oxygen atoms in total. The molecule has 2 aromatic carbocycles. The van der Waals surface area contributed by atoms with Crippen molar-refractivity contribution >= 4 is 21.8 Å². The Kier molecular flexibility index (Phi) is 6.81. The van der Waals surface area contributed by atoms with Crippen LogP contribution in [0.15, 0.2) is 46.9 Å². The summed E-state index contributed by atoms with van der Waals surface area (Å²) in [7, 11) is 0. The van der Waals surface area contributed by atoms with Crippen molar-refractivity contribution in [2.45, 2.75) is 70.9 Å². The second-order valence-electron chi connectivity index (χ2n) is 9.04. The summed E-state index contributed by atoms with van der Waals surface area (Å²) in [5, 5.41) is 3.16. The molecule has 1 N–H and O–H groups in total. The monoisotopic (exact) mass is 473 g/mol. The van der Waals surface area contributed by atoms with Gasteiger partial charge in [0.25, 0.3) is 5.91 Å². The Morgan fingerprint density at radius 1 is 1.20 bits per heavy atom. The fraction of sp³-hybridized carbons (Fsp3) is 0.480. The van der Waals surface area contributed by atoms with E-state index in [-0.39, 0.29) is 29.6 Å². The van der Waals surface area contributed by atoms with Crippen molar-refractivity contribution in [2.24, 2.45) is 0 Å². The van der Waals surface area contributed by atoms with Crippen molar-refractivity contribution in [1.82, 2.24) is 5.32 Å². The van der Waals surface area contributed by atoms with Gasteiger partial charge >= 0.3 is 0 Å². The molecule has 0 saturated heterocycles. The summed E-state index contributed by atoms with van der Waals surface area (Å²) in [5.41, 5.74) is 2.04. The molecule has 0 radical (unpaired) electrons. The Morgan fingerprint density at radius 3 is 2.53 bits per heavy atom. The van der Waals surface area contributed by atoms with E-state index in [1.807, 2.05) is 36.4 Å². The topological polar surface area (TPSA) is 47.6 Å². The highest BCUT2D eigenvalue weighted by Crippen LogP contribution is 2.42. The molecule has 0 fully saturated rings. The quantitative estimate of drug-likeness (QED) is 0.533. The molecule has 2 aromatic rings. The van der Waals surface area contributed by atoms with Gasteiger partial charge < -0.3 is 14.8 Å².